The Balaban J connectivity index is 1.56. The highest BCUT2D eigenvalue weighted by Gasteiger charge is 2.41. The average molecular weight is 527 g/mol. The van der Waals surface area contributed by atoms with Crippen molar-refractivity contribution in [3.63, 3.8) is 0 Å². The number of benzene rings is 3. The summed E-state index contributed by atoms with van der Waals surface area (Å²) < 4.78 is 69.9. The molecule has 0 unspecified atom stereocenters. The van der Waals surface area contributed by atoms with Gasteiger partial charge < -0.3 is 23.4 Å². The van der Waals surface area contributed by atoms with Gasteiger partial charge in [0.05, 0.1) is 24.7 Å². The van der Waals surface area contributed by atoms with Crippen LogP contribution in [-0.4, -0.2) is 25.3 Å². The van der Waals surface area contributed by atoms with Gasteiger partial charge in [-0.15, -0.1) is 0 Å². The Morgan fingerprint density at radius 3 is 2.42 bits per heavy atom. The van der Waals surface area contributed by atoms with E-state index in [1.165, 1.54) is 12.1 Å². The SMILES string of the molecule is CCOc1ccccc1Oc1c(C(F)(F)F)oc2c3c(ccc2c1=O)OCN(Cc1ccc(OC)cc1)C3. The molecule has 7 nitrogen and oxygen atoms in total. The number of hydrogen-bond acceptors (Lipinski definition) is 7. The van der Waals surface area contributed by atoms with Crippen molar-refractivity contribution in [1.82, 2.24) is 4.90 Å². The number of rotatable bonds is 7. The van der Waals surface area contributed by atoms with Gasteiger partial charge in [0.15, 0.2) is 11.5 Å². The average Bonchev–Trinajstić information content (AvgIpc) is 2.91. The maximum atomic E-state index is 14.2. The Morgan fingerprint density at radius 1 is 1.00 bits per heavy atom. The van der Waals surface area contributed by atoms with Crippen LogP contribution in [0.4, 0.5) is 13.2 Å². The molecule has 10 heteroatoms. The minimum absolute atomic E-state index is 0.0292. The molecule has 0 bridgehead atoms. The summed E-state index contributed by atoms with van der Waals surface area (Å²) >= 11 is 0. The van der Waals surface area contributed by atoms with Gasteiger partial charge in [0.2, 0.25) is 11.2 Å². The van der Waals surface area contributed by atoms with Crippen LogP contribution in [0.3, 0.4) is 0 Å². The number of alkyl halides is 3. The molecule has 2 heterocycles. The lowest BCUT2D eigenvalue weighted by atomic mass is 10.1. The minimum Gasteiger partial charge on any atom is -0.497 e. The molecule has 5 rings (SSSR count). The van der Waals surface area contributed by atoms with Crippen molar-refractivity contribution in [1.29, 1.82) is 0 Å². The van der Waals surface area contributed by atoms with E-state index < -0.39 is 23.1 Å². The van der Waals surface area contributed by atoms with Crippen LogP contribution < -0.4 is 24.4 Å². The molecule has 1 aliphatic rings. The fraction of sp³-hybridized carbons (Fsp3) is 0.250. The highest BCUT2D eigenvalue weighted by molar-refractivity contribution is 5.84. The van der Waals surface area contributed by atoms with Gasteiger partial charge in [-0.1, -0.05) is 24.3 Å². The fourth-order valence-electron chi connectivity index (χ4n) is 4.28. The maximum absolute atomic E-state index is 14.2. The second kappa shape index (κ2) is 10.3. The first-order chi connectivity index (χ1) is 18.3. The Hall–Kier alpha value is -4.18. The molecule has 3 aromatic carbocycles. The molecule has 4 aromatic rings. The Kier molecular flexibility index (Phi) is 6.90. The van der Waals surface area contributed by atoms with Gasteiger partial charge in [-0.3, -0.25) is 9.69 Å². The van der Waals surface area contributed by atoms with Crippen molar-refractivity contribution in [2.24, 2.45) is 0 Å². The molecule has 0 saturated heterocycles. The Labute approximate surface area is 215 Å². The summed E-state index contributed by atoms with van der Waals surface area (Å²) in [7, 11) is 1.58. The van der Waals surface area contributed by atoms with Gasteiger partial charge in [-0.2, -0.15) is 13.2 Å². The van der Waals surface area contributed by atoms with Gasteiger partial charge in [0.25, 0.3) is 5.76 Å². The van der Waals surface area contributed by atoms with Crippen molar-refractivity contribution in [2.75, 3.05) is 20.4 Å². The molecule has 0 aliphatic carbocycles. The zero-order valence-electron chi connectivity index (χ0n) is 20.6. The van der Waals surface area contributed by atoms with Crippen LogP contribution in [0.5, 0.6) is 28.7 Å². The van der Waals surface area contributed by atoms with Crippen molar-refractivity contribution in [2.45, 2.75) is 26.2 Å². The molecule has 1 aromatic heterocycles. The lowest BCUT2D eigenvalue weighted by Gasteiger charge is -2.29. The third-order valence-electron chi connectivity index (χ3n) is 6.05. The minimum atomic E-state index is -5.00. The van der Waals surface area contributed by atoms with Crippen LogP contribution in [0.1, 0.15) is 23.8 Å². The molecule has 38 heavy (non-hydrogen) atoms. The first kappa shape index (κ1) is 25.5. The normalized spacial score (nSPS) is 13.6. The molecule has 0 fully saturated rings. The zero-order valence-corrected chi connectivity index (χ0v) is 20.6. The highest BCUT2D eigenvalue weighted by Crippen LogP contribution is 2.42. The molecule has 0 N–H and O–H groups in total. The van der Waals surface area contributed by atoms with Gasteiger partial charge in [0, 0.05) is 13.1 Å². The van der Waals surface area contributed by atoms with Gasteiger partial charge >= 0.3 is 6.18 Å². The van der Waals surface area contributed by atoms with Crippen LogP contribution in [0.15, 0.2) is 69.9 Å². The molecule has 0 radical (unpaired) electrons. The Bertz CT molecular complexity index is 1510. The largest absolute Gasteiger partial charge is 0.497 e. The second-order valence-corrected chi connectivity index (χ2v) is 8.60. The summed E-state index contributed by atoms with van der Waals surface area (Å²) in [5.41, 5.74) is 0.176. The lowest BCUT2D eigenvalue weighted by molar-refractivity contribution is -0.154. The van der Waals surface area contributed by atoms with E-state index in [-0.39, 0.29) is 42.4 Å². The quantitative estimate of drug-likeness (QED) is 0.277. The topological polar surface area (TPSA) is 70.4 Å². The number of methoxy groups -OCH3 is 1. The van der Waals surface area contributed by atoms with Crippen LogP contribution in [-0.2, 0) is 19.3 Å². The first-order valence-electron chi connectivity index (χ1n) is 11.9. The molecule has 198 valence electrons. The molecule has 0 atom stereocenters. The monoisotopic (exact) mass is 527 g/mol. The molecule has 0 spiro atoms. The van der Waals surface area contributed by atoms with E-state index in [1.54, 1.807) is 38.3 Å². The molecule has 0 amide bonds. The van der Waals surface area contributed by atoms with Crippen LogP contribution in [0.2, 0.25) is 0 Å². The molecule has 1 aliphatic heterocycles. The molecular weight excluding hydrogens is 503 g/mol. The van der Waals surface area contributed by atoms with E-state index in [1.807, 2.05) is 29.2 Å². The predicted molar refractivity (Wildman–Crippen MR) is 133 cm³/mol. The lowest BCUT2D eigenvalue weighted by Crippen LogP contribution is -2.32. The van der Waals surface area contributed by atoms with Gasteiger partial charge in [0.1, 0.15) is 23.8 Å². The maximum Gasteiger partial charge on any atom is 0.453 e. The van der Waals surface area contributed by atoms with Crippen molar-refractivity contribution >= 4 is 11.0 Å². The summed E-state index contributed by atoms with van der Waals surface area (Å²) in [5, 5.41) is -0.0458. The van der Waals surface area contributed by atoms with Crippen molar-refractivity contribution < 1.29 is 36.5 Å². The van der Waals surface area contributed by atoms with E-state index in [9.17, 15) is 18.0 Å². The second-order valence-electron chi connectivity index (χ2n) is 8.60. The fourth-order valence-corrected chi connectivity index (χ4v) is 4.28. The number of hydrogen-bond donors (Lipinski definition) is 0. The standard InChI is InChI=1S/C28H24F3NO6/c1-3-35-22-6-4-5-7-23(22)37-26-24(33)19-12-13-21-20(25(19)38-27(26)28(29,30)31)15-32(16-36-21)14-17-8-10-18(34-2)11-9-17/h4-13H,3,14-16H2,1-2H3. The van der Waals surface area contributed by atoms with E-state index in [4.69, 9.17) is 23.4 Å². The number of para-hydroxylation sites is 2. The number of fused-ring (bicyclic) bond motifs is 3. The molecule has 0 saturated carbocycles. The third-order valence-corrected chi connectivity index (χ3v) is 6.05. The predicted octanol–water partition coefficient (Wildman–Crippen LogP) is 6.36. The summed E-state index contributed by atoms with van der Waals surface area (Å²) in [5.74, 6) is -1.24. The van der Waals surface area contributed by atoms with Crippen molar-refractivity contribution in [3.05, 3.63) is 87.8 Å². The van der Waals surface area contributed by atoms with Crippen LogP contribution >= 0.6 is 0 Å². The van der Waals surface area contributed by atoms with Crippen molar-refractivity contribution in [3.8, 4) is 28.7 Å². The number of halogens is 3. The number of nitrogens with zero attached hydrogens (tertiary/aromatic N) is 1. The van der Waals surface area contributed by atoms with Gasteiger partial charge in [-0.25, -0.2) is 0 Å². The summed E-state index contributed by atoms with van der Waals surface area (Å²) in [4.78, 5) is 15.3. The third kappa shape index (κ3) is 4.99. The number of ether oxygens (including phenoxy) is 4. The van der Waals surface area contributed by atoms with Gasteiger partial charge in [-0.05, 0) is 48.9 Å². The summed E-state index contributed by atoms with van der Waals surface area (Å²) in [6, 6.07) is 16.6. The zero-order chi connectivity index (χ0) is 26.9. The van der Waals surface area contributed by atoms with E-state index in [0.717, 1.165) is 5.56 Å². The van der Waals surface area contributed by atoms with E-state index in [0.29, 0.717) is 23.6 Å². The Morgan fingerprint density at radius 2 is 1.74 bits per heavy atom. The first-order valence-corrected chi connectivity index (χ1v) is 11.9. The highest BCUT2D eigenvalue weighted by atomic mass is 19.4. The smallest absolute Gasteiger partial charge is 0.453 e. The van der Waals surface area contributed by atoms with Crippen LogP contribution in [0.25, 0.3) is 11.0 Å². The molecular formula is C28H24F3NO6. The summed E-state index contributed by atoms with van der Waals surface area (Å²) in [6.07, 6.45) is -5.00. The van der Waals surface area contributed by atoms with E-state index >= 15 is 0 Å². The van der Waals surface area contributed by atoms with Crippen LogP contribution in [0, 0.1) is 0 Å². The summed E-state index contributed by atoms with van der Waals surface area (Å²) in [6.45, 7) is 2.89. The van der Waals surface area contributed by atoms with E-state index in [2.05, 4.69) is 0 Å².